The van der Waals surface area contributed by atoms with E-state index in [0.717, 1.165) is 12.8 Å². The van der Waals surface area contributed by atoms with Crippen molar-refractivity contribution in [1.82, 2.24) is 0 Å². The second-order valence-corrected chi connectivity index (χ2v) is 20.8. The molecular weight excluding hydrogens is 452 g/mol. The summed E-state index contributed by atoms with van der Waals surface area (Å²) in [5.41, 5.74) is 2.59. The molecule has 3 nitrogen and oxygen atoms in total. The van der Waals surface area contributed by atoms with Crippen molar-refractivity contribution in [3.8, 4) is 0 Å². The number of rotatable bonds is 17. The molecule has 0 aromatic heterocycles. The van der Waals surface area contributed by atoms with E-state index in [-0.39, 0.29) is 11.9 Å². The van der Waals surface area contributed by atoms with Crippen molar-refractivity contribution in [2.24, 2.45) is 0 Å². The van der Waals surface area contributed by atoms with Crippen LogP contribution in [0, 0.1) is 0 Å². The van der Waals surface area contributed by atoms with Crippen LogP contribution < -0.4 is 0 Å². The summed E-state index contributed by atoms with van der Waals surface area (Å²) in [7, 11) is -2.86. The van der Waals surface area contributed by atoms with Crippen molar-refractivity contribution < 1.29 is 13.6 Å². The molecule has 0 aliphatic rings. The molecule has 0 fully saturated rings. The lowest BCUT2D eigenvalue weighted by Crippen LogP contribution is -2.42. The van der Waals surface area contributed by atoms with Crippen LogP contribution in [0.3, 0.4) is 0 Å². The Kier molecular flexibility index (Phi) is 14.3. The molecule has 0 radical (unpaired) electrons. The average Bonchev–Trinajstić information content (AvgIpc) is 2.73. The molecule has 0 N–H and O–H groups in total. The van der Waals surface area contributed by atoms with Gasteiger partial charge in [-0.3, -0.25) is 4.79 Å². The fourth-order valence-electron chi connectivity index (χ4n) is 4.37. The molecule has 0 aliphatic carbocycles. The molecule has 0 aliphatic heterocycles. The van der Waals surface area contributed by atoms with E-state index in [2.05, 4.69) is 77.8 Å². The zero-order chi connectivity index (χ0) is 25.6. The highest BCUT2D eigenvalue weighted by Crippen LogP contribution is 2.23. The lowest BCUT2D eigenvalue weighted by Gasteiger charge is -2.31. The summed E-state index contributed by atoms with van der Waals surface area (Å²) < 4.78 is 11.7. The van der Waals surface area contributed by atoms with Crippen molar-refractivity contribution in [1.29, 1.82) is 0 Å². The number of carbonyl (C=O) groups is 1. The van der Waals surface area contributed by atoms with Crippen LogP contribution in [0.15, 0.2) is 36.6 Å². The molecule has 0 spiro atoms. The quantitative estimate of drug-likeness (QED) is 0.0916. The minimum Gasteiger partial charge on any atom is -0.456 e. The molecule has 194 valence electrons. The third-order valence-electron chi connectivity index (χ3n) is 6.16. The average molecular weight is 505 g/mol. The first-order chi connectivity index (χ1) is 15.9. The molecule has 0 saturated carbocycles. The molecule has 1 rings (SSSR count). The standard InChI is InChI=1S/C29H52O3Si2/c1-25(2)27-18-17-19-28(24-27)26(3)21-22-31-29(30)20-15-13-11-9-10-12-14-16-23-34(7,8)32-33(4,5)6/h17-19,21-22,24-26H,9-16,20,23H2,1-8H3/b22-21+. The van der Waals surface area contributed by atoms with Gasteiger partial charge < -0.3 is 8.85 Å². The molecule has 1 aromatic carbocycles. The van der Waals surface area contributed by atoms with E-state index in [4.69, 9.17) is 8.85 Å². The maximum atomic E-state index is 12.0. The van der Waals surface area contributed by atoms with E-state index < -0.39 is 16.6 Å². The molecule has 34 heavy (non-hydrogen) atoms. The van der Waals surface area contributed by atoms with Gasteiger partial charge in [-0.25, -0.2) is 0 Å². The number of esters is 1. The van der Waals surface area contributed by atoms with Crippen LogP contribution in [0.1, 0.15) is 102 Å². The smallest absolute Gasteiger partial charge is 0.310 e. The van der Waals surface area contributed by atoms with Gasteiger partial charge >= 0.3 is 5.97 Å². The minimum absolute atomic E-state index is 0.119. The number of ether oxygens (including phenoxy) is 1. The Bertz CT molecular complexity index is 735. The molecule has 0 bridgehead atoms. The zero-order valence-corrected chi connectivity index (χ0v) is 25.4. The summed E-state index contributed by atoms with van der Waals surface area (Å²) in [6, 6.07) is 9.93. The van der Waals surface area contributed by atoms with Crippen LogP contribution in [0.25, 0.3) is 0 Å². The fourth-order valence-corrected chi connectivity index (χ4v) is 12.5. The summed E-state index contributed by atoms with van der Waals surface area (Å²) >= 11 is 0. The number of unbranched alkanes of at least 4 members (excludes halogenated alkanes) is 7. The predicted molar refractivity (Wildman–Crippen MR) is 152 cm³/mol. The van der Waals surface area contributed by atoms with Gasteiger partial charge in [0.05, 0.1) is 6.26 Å². The fraction of sp³-hybridized carbons (Fsp3) is 0.690. The Morgan fingerprint density at radius 3 is 2.00 bits per heavy atom. The highest BCUT2D eigenvalue weighted by molar-refractivity contribution is 6.84. The first-order valence-electron chi connectivity index (χ1n) is 13.6. The van der Waals surface area contributed by atoms with Gasteiger partial charge in [-0.15, -0.1) is 0 Å². The van der Waals surface area contributed by atoms with E-state index in [1.165, 1.54) is 55.7 Å². The Balaban J connectivity index is 2.07. The third kappa shape index (κ3) is 14.9. The first kappa shape index (κ1) is 30.9. The van der Waals surface area contributed by atoms with Gasteiger partial charge in [0, 0.05) is 12.3 Å². The van der Waals surface area contributed by atoms with Gasteiger partial charge in [-0.1, -0.05) is 90.0 Å². The van der Waals surface area contributed by atoms with Crippen LogP contribution >= 0.6 is 0 Å². The summed E-state index contributed by atoms with van der Waals surface area (Å²) in [4.78, 5) is 12.0. The Hall–Kier alpha value is -1.18. The van der Waals surface area contributed by atoms with Crippen LogP contribution in [0.4, 0.5) is 0 Å². The van der Waals surface area contributed by atoms with Crippen molar-refractivity contribution in [2.75, 3.05) is 0 Å². The molecule has 1 atom stereocenters. The Morgan fingerprint density at radius 2 is 1.41 bits per heavy atom. The molecule has 1 unspecified atom stereocenters. The van der Waals surface area contributed by atoms with E-state index in [9.17, 15) is 4.79 Å². The van der Waals surface area contributed by atoms with Gasteiger partial charge in [-0.2, -0.15) is 0 Å². The first-order valence-corrected chi connectivity index (χ1v) is 20.1. The van der Waals surface area contributed by atoms with E-state index in [0.29, 0.717) is 12.3 Å². The topological polar surface area (TPSA) is 35.5 Å². The van der Waals surface area contributed by atoms with E-state index >= 15 is 0 Å². The van der Waals surface area contributed by atoms with Crippen molar-refractivity contribution >= 4 is 22.6 Å². The van der Waals surface area contributed by atoms with Crippen molar-refractivity contribution in [3.05, 3.63) is 47.7 Å². The van der Waals surface area contributed by atoms with Gasteiger partial charge in [0.25, 0.3) is 0 Å². The summed E-state index contributed by atoms with van der Waals surface area (Å²) in [5.74, 6) is 0.627. The van der Waals surface area contributed by atoms with Gasteiger partial charge in [0.15, 0.2) is 16.6 Å². The maximum absolute atomic E-state index is 12.0. The molecule has 1 aromatic rings. The second kappa shape index (κ2) is 15.7. The lowest BCUT2D eigenvalue weighted by atomic mass is 9.95. The van der Waals surface area contributed by atoms with E-state index in [1.54, 1.807) is 6.26 Å². The monoisotopic (exact) mass is 504 g/mol. The minimum atomic E-state index is -1.46. The SMILES string of the molecule is CC(C)c1cccc(C(C)/C=C/OC(=O)CCCCCCCCCC[Si](C)(C)O[Si](C)(C)C)c1. The zero-order valence-electron chi connectivity index (χ0n) is 23.4. The molecule has 5 heteroatoms. The molecule has 0 heterocycles. The Morgan fingerprint density at radius 1 is 0.853 bits per heavy atom. The number of hydrogen-bond acceptors (Lipinski definition) is 3. The number of benzene rings is 1. The van der Waals surface area contributed by atoms with Crippen LogP contribution in [0.5, 0.6) is 0 Å². The highest BCUT2D eigenvalue weighted by Gasteiger charge is 2.28. The number of hydrogen-bond donors (Lipinski definition) is 0. The van der Waals surface area contributed by atoms with Crippen molar-refractivity contribution in [2.45, 2.75) is 129 Å². The predicted octanol–water partition coefficient (Wildman–Crippen LogP) is 9.54. The largest absolute Gasteiger partial charge is 0.456 e. The van der Waals surface area contributed by atoms with Crippen LogP contribution in [-0.4, -0.2) is 22.6 Å². The van der Waals surface area contributed by atoms with Gasteiger partial charge in [0.1, 0.15) is 0 Å². The Labute approximate surface area is 213 Å². The number of allylic oxidation sites excluding steroid dienone is 1. The summed E-state index contributed by atoms with van der Waals surface area (Å²) in [6.07, 6.45) is 13.8. The second-order valence-electron chi connectivity index (χ2n) is 11.7. The van der Waals surface area contributed by atoms with Crippen LogP contribution in [0.2, 0.25) is 38.8 Å². The number of carbonyl (C=O) groups excluding carboxylic acids is 1. The molecule has 0 amide bonds. The molecule has 0 saturated heterocycles. The maximum Gasteiger partial charge on any atom is 0.310 e. The van der Waals surface area contributed by atoms with Gasteiger partial charge in [0.2, 0.25) is 0 Å². The highest BCUT2D eigenvalue weighted by atomic mass is 28.4. The normalized spacial score (nSPS) is 13.6. The van der Waals surface area contributed by atoms with Gasteiger partial charge in [-0.05, 0) is 68.3 Å². The molecular formula is C29H52O3Si2. The third-order valence-corrected chi connectivity index (χ3v) is 12.4. The summed E-state index contributed by atoms with van der Waals surface area (Å²) in [6.45, 7) is 18.2. The summed E-state index contributed by atoms with van der Waals surface area (Å²) in [5, 5.41) is 0. The van der Waals surface area contributed by atoms with Crippen LogP contribution in [-0.2, 0) is 13.6 Å². The van der Waals surface area contributed by atoms with Crippen molar-refractivity contribution in [3.63, 3.8) is 0 Å². The van der Waals surface area contributed by atoms with E-state index in [1.807, 2.05) is 6.08 Å². The lowest BCUT2D eigenvalue weighted by molar-refractivity contribution is -0.138.